The van der Waals surface area contributed by atoms with E-state index in [4.69, 9.17) is 16.9 Å². The van der Waals surface area contributed by atoms with E-state index in [1.807, 2.05) is 17.9 Å². The van der Waals surface area contributed by atoms with Gasteiger partial charge in [-0.2, -0.15) is 5.26 Å². The van der Waals surface area contributed by atoms with E-state index in [2.05, 4.69) is 16.0 Å². The SMILES string of the molecule is Cc1ncsc1C(=O)N1CCN(c2ccc(C#N)cc2Cl)CC1. The number of benzene rings is 1. The third-order valence-corrected chi connectivity index (χ3v) is 5.14. The number of piperazine rings is 1. The molecule has 0 aliphatic carbocycles. The molecule has 7 heteroatoms. The number of hydrogen-bond acceptors (Lipinski definition) is 5. The van der Waals surface area contributed by atoms with Crippen molar-refractivity contribution in [3.05, 3.63) is 44.9 Å². The first-order valence-electron chi connectivity index (χ1n) is 7.24. The zero-order valence-corrected chi connectivity index (χ0v) is 14.2. The summed E-state index contributed by atoms with van der Waals surface area (Å²) in [5.41, 5.74) is 3.95. The van der Waals surface area contributed by atoms with Crippen LogP contribution in [0.3, 0.4) is 0 Å². The predicted molar refractivity (Wildman–Crippen MR) is 91.1 cm³/mol. The summed E-state index contributed by atoms with van der Waals surface area (Å²) in [4.78, 5) is 21.3. The van der Waals surface area contributed by atoms with Crippen LogP contribution >= 0.6 is 22.9 Å². The number of nitrogens with zero attached hydrogens (tertiary/aromatic N) is 4. The van der Waals surface area contributed by atoms with Crippen LogP contribution in [-0.4, -0.2) is 42.0 Å². The van der Waals surface area contributed by atoms with E-state index in [0.29, 0.717) is 23.7 Å². The maximum Gasteiger partial charge on any atom is 0.265 e. The Hall–Kier alpha value is -2.10. The van der Waals surface area contributed by atoms with Crippen molar-refractivity contribution in [2.24, 2.45) is 0 Å². The van der Waals surface area contributed by atoms with Gasteiger partial charge in [-0.1, -0.05) is 11.6 Å². The van der Waals surface area contributed by atoms with Gasteiger partial charge in [0.25, 0.3) is 5.91 Å². The second kappa shape index (κ2) is 6.57. The number of halogens is 1. The Morgan fingerprint density at radius 2 is 2.09 bits per heavy atom. The van der Waals surface area contributed by atoms with Crippen molar-refractivity contribution in [3.8, 4) is 6.07 Å². The average Bonchev–Trinajstić information content (AvgIpc) is 3.00. The Balaban J connectivity index is 1.68. The Kier molecular flexibility index (Phi) is 4.51. The van der Waals surface area contributed by atoms with Crippen molar-refractivity contribution < 1.29 is 4.79 Å². The van der Waals surface area contributed by atoms with Gasteiger partial charge in [0.15, 0.2) is 0 Å². The van der Waals surface area contributed by atoms with Gasteiger partial charge in [-0.15, -0.1) is 11.3 Å². The molecule has 3 rings (SSSR count). The normalized spacial score (nSPS) is 14.7. The lowest BCUT2D eigenvalue weighted by atomic mass is 10.2. The second-order valence-electron chi connectivity index (χ2n) is 5.32. The van der Waals surface area contributed by atoms with Crippen LogP contribution in [0.1, 0.15) is 20.9 Å². The van der Waals surface area contributed by atoms with Crippen molar-refractivity contribution in [1.82, 2.24) is 9.88 Å². The Labute approximate surface area is 143 Å². The molecule has 1 amide bonds. The number of aromatic nitrogens is 1. The predicted octanol–water partition coefficient (Wildman–Crippen LogP) is 2.94. The summed E-state index contributed by atoms with van der Waals surface area (Å²) in [5, 5.41) is 9.47. The van der Waals surface area contributed by atoms with Crippen LogP contribution in [0.5, 0.6) is 0 Å². The Morgan fingerprint density at radius 3 is 2.65 bits per heavy atom. The number of aryl methyl sites for hydroxylation is 1. The van der Waals surface area contributed by atoms with Gasteiger partial charge in [0.05, 0.1) is 33.5 Å². The maximum atomic E-state index is 12.5. The van der Waals surface area contributed by atoms with Crippen molar-refractivity contribution in [2.75, 3.05) is 31.1 Å². The number of anilines is 1. The minimum Gasteiger partial charge on any atom is -0.367 e. The van der Waals surface area contributed by atoms with Crippen molar-refractivity contribution in [2.45, 2.75) is 6.92 Å². The molecule has 2 aromatic rings. The molecular formula is C16H15ClN4OS. The van der Waals surface area contributed by atoms with Gasteiger partial charge < -0.3 is 9.80 Å². The fourth-order valence-corrected chi connectivity index (χ4v) is 3.70. The molecule has 1 aliphatic rings. The molecule has 1 saturated heterocycles. The monoisotopic (exact) mass is 346 g/mol. The molecular weight excluding hydrogens is 332 g/mol. The summed E-state index contributed by atoms with van der Waals surface area (Å²) in [7, 11) is 0. The summed E-state index contributed by atoms with van der Waals surface area (Å²) in [6.07, 6.45) is 0. The van der Waals surface area contributed by atoms with Crippen LogP contribution in [0.15, 0.2) is 23.7 Å². The van der Waals surface area contributed by atoms with E-state index >= 15 is 0 Å². The summed E-state index contributed by atoms with van der Waals surface area (Å²) in [5.74, 6) is 0.0515. The van der Waals surface area contributed by atoms with Gasteiger partial charge in [0.1, 0.15) is 4.88 Å². The van der Waals surface area contributed by atoms with Crippen LogP contribution in [0.25, 0.3) is 0 Å². The number of amides is 1. The molecule has 0 saturated carbocycles. The van der Waals surface area contributed by atoms with Crippen LogP contribution in [-0.2, 0) is 0 Å². The maximum absolute atomic E-state index is 12.5. The van der Waals surface area contributed by atoms with Gasteiger partial charge in [-0.05, 0) is 25.1 Å². The van der Waals surface area contributed by atoms with Crippen molar-refractivity contribution in [1.29, 1.82) is 5.26 Å². The molecule has 0 radical (unpaired) electrons. The zero-order valence-electron chi connectivity index (χ0n) is 12.6. The molecule has 1 aromatic heterocycles. The summed E-state index contributed by atoms with van der Waals surface area (Å²) in [6.45, 7) is 4.58. The van der Waals surface area contributed by atoms with Gasteiger partial charge in [0.2, 0.25) is 0 Å². The molecule has 0 N–H and O–H groups in total. The third-order valence-electron chi connectivity index (χ3n) is 3.92. The molecule has 118 valence electrons. The van der Waals surface area contributed by atoms with E-state index in [1.165, 1.54) is 11.3 Å². The fourth-order valence-electron chi connectivity index (χ4n) is 2.63. The average molecular weight is 347 g/mol. The van der Waals surface area contributed by atoms with E-state index < -0.39 is 0 Å². The highest BCUT2D eigenvalue weighted by atomic mass is 35.5. The molecule has 5 nitrogen and oxygen atoms in total. The van der Waals surface area contributed by atoms with Gasteiger partial charge in [-0.25, -0.2) is 4.98 Å². The van der Waals surface area contributed by atoms with Crippen molar-refractivity contribution in [3.63, 3.8) is 0 Å². The van der Waals surface area contributed by atoms with E-state index in [1.54, 1.807) is 17.6 Å². The standard InChI is InChI=1S/C16H15ClN4OS/c1-11-15(23-10-19-11)16(22)21-6-4-20(5-7-21)14-3-2-12(9-18)8-13(14)17/h2-3,8,10H,4-7H2,1H3. The minimum absolute atomic E-state index is 0.0515. The van der Waals surface area contributed by atoms with Gasteiger partial charge in [-0.3, -0.25) is 4.79 Å². The first-order chi connectivity index (χ1) is 11.1. The van der Waals surface area contributed by atoms with Crippen LogP contribution in [0.2, 0.25) is 5.02 Å². The quantitative estimate of drug-likeness (QED) is 0.838. The topological polar surface area (TPSA) is 60.2 Å². The molecule has 0 spiro atoms. The summed E-state index contributed by atoms with van der Waals surface area (Å²) < 4.78 is 0. The molecule has 23 heavy (non-hydrogen) atoms. The lowest BCUT2D eigenvalue weighted by molar-refractivity contribution is 0.0750. The summed E-state index contributed by atoms with van der Waals surface area (Å²) >= 11 is 7.65. The molecule has 1 fully saturated rings. The zero-order chi connectivity index (χ0) is 16.4. The largest absolute Gasteiger partial charge is 0.367 e. The fraction of sp³-hybridized carbons (Fsp3) is 0.312. The number of carbonyl (C=O) groups is 1. The lowest BCUT2D eigenvalue weighted by Crippen LogP contribution is -2.48. The molecule has 1 aliphatic heterocycles. The number of nitriles is 1. The Morgan fingerprint density at radius 1 is 1.35 bits per heavy atom. The highest BCUT2D eigenvalue weighted by Crippen LogP contribution is 2.28. The lowest BCUT2D eigenvalue weighted by Gasteiger charge is -2.36. The minimum atomic E-state index is 0.0515. The highest BCUT2D eigenvalue weighted by molar-refractivity contribution is 7.11. The molecule has 2 heterocycles. The molecule has 1 aromatic carbocycles. The number of hydrogen-bond donors (Lipinski definition) is 0. The van der Waals surface area contributed by atoms with Crippen molar-refractivity contribution >= 4 is 34.5 Å². The van der Waals surface area contributed by atoms with Crippen LogP contribution < -0.4 is 4.90 Å². The smallest absolute Gasteiger partial charge is 0.265 e. The van der Waals surface area contributed by atoms with E-state index in [-0.39, 0.29) is 5.91 Å². The van der Waals surface area contributed by atoms with E-state index in [9.17, 15) is 4.79 Å². The van der Waals surface area contributed by atoms with Gasteiger partial charge in [0, 0.05) is 26.2 Å². The van der Waals surface area contributed by atoms with Crippen LogP contribution in [0, 0.1) is 18.3 Å². The summed E-state index contributed by atoms with van der Waals surface area (Å²) in [6, 6.07) is 7.39. The number of carbonyl (C=O) groups excluding carboxylic acids is 1. The number of thiazole rings is 1. The Bertz CT molecular complexity index is 775. The first kappa shape index (κ1) is 15.8. The van der Waals surface area contributed by atoms with Gasteiger partial charge >= 0.3 is 0 Å². The van der Waals surface area contributed by atoms with Crippen LogP contribution in [0.4, 0.5) is 5.69 Å². The molecule has 0 unspecified atom stereocenters. The number of rotatable bonds is 2. The first-order valence-corrected chi connectivity index (χ1v) is 8.50. The van der Waals surface area contributed by atoms with E-state index in [0.717, 1.165) is 29.3 Å². The third kappa shape index (κ3) is 3.16. The molecule has 0 atom stereocenters. The second-order valence-corrected chi connectivity index (χ2v) is 6.59. The highest BCUT2D eigenvalue weighted by Gasteiger charge is 2.25. The molecule has 0 bridgehead atoms.